The number of halogens is 1. The summed E-state index contributed by atoms with van der Waals surface area (Å²) in [6, 6.07) is 5.97. The molecule has 0 spiro atoms. The van der Waals surface area contributed by atoms with Gasteiger partial charge in [0.2, 0.25) is 0 Å². The second kappa shape index (κ2) is 4.17. The molecule has 4 nitrogen and oxygen atoms in total. The van der Waals surface area contributed by atoms with Crippen LogP contribution in [0, 0.1) is 6.92 Å². The molecule has 0 saturated heterocycles. The summed E-state index contributed by atoms with van der Waals surface area (Å²) in [6.07, 6.45) is 3.00. The first-order valence-corrected chi connectivity index (χ1v) is 6.77. The minimum Gasteiger partial charge on any atom is -0.334 e. The first-order chi connectivity index (χ1) is 8.58. The Labute approximate surface area is 114 Å². The molecule has 2 aromatic rings. The lowest BCUT2D eigenvalue weighted by Crippen LogP contribution is -2.44. The van der Waals surface area contributed by atoms with Crippen LogP contribution in [0.5, 0.6) is 0 Å². The van der Waals surface area contributed by atoms with Crippen LogP contribution in [0.1, 0.15) is 30.7 Å². The number of nitrogens with zero attached hydrogens (tertiary/aromatic N) is 2. The van der Waals surface area contributed by atoms with Gasteiger partial charge in [-0.25, -0.2) is 0 Å². The van der Waals surface area contributed by atoms with Gasteiger partial charge in [-0.3, -0.25) is 0 Å². The number of hydrogen-bond donors (Lipinski definition) is 1. The molecule has 0 amide bonds. The van der Waals surface area contributed by atoms with Crippen molar-refractivity contribution < 1.29 is 4.52 Å². The van der Waals surface area contributed by atoms with Gasteiger partial charge in [-0.1, -0.05) is 27.2 Å². The molecule has 0 unspecified atom stereocenters. The predicted molar refractivity (Wildman–Crippen MR) is 71.9 cm³/mol. The highest BCUT2D eigenvalue weighted by molar-refractivity contribution is 9.10. The second-order valence-corrected chi connectivity index (χ2v) is 5.75. The highest BCUT2D eigenvalue weighted by Crippen LogP contribution is 2.37. The number of hydrogen-bond acceptors (Lipinski definition) is 4. The summed E-state index contributed by atoms with van der Waals surface area (Å²) in [4.78, 5) is 4.42. The Kier molecular flexibility index (Phi) is 2.75. The molecule has 3 rings (SSSR count). The van der Waals surface area contributed by atoms with Crippen molar-refractivity contribution in [3.05, 3.63) is 34.1 Å². The van der Waals surface area contributed by atoms with Crippen molar-refractivity contribution in [2.75, 3.05) is 0 Å². The summed E-state index contributed by atoms with van der Waals surface area (Å²) < 4.78 is 6.34. The van der Waals surface area contributed by atoms with Gasteiger partial charge in [0.05, 0.1) is 5.54 Å². The van der Waals surface area contributed by atoms with Gasteiger partial charge in [-0.15, -0.1) is 0 Å². The lowest BCUT2D eigenvalue weighted by molar-refractivity contribution is 0.229. The maximum absolute atomic E-state index is 6.18. The number of benzene rings is 1. The fraction of sp³-hybridized carbons (Fsp3) is 0.385. The molecule has 0 aliphatic heterocycles. The van der Waals surface area contributed by atoms with Crippen molar-refractivity contribution in [3.63, 3.8) is 0 Å². The minimum absolute atomic E-state index is 0.371. The van der Waals surface area contributed by atoms with Crippen molar-refractivity contribution in [1.29, 1.82) is 0 Å². The number of aromatic nitrogens is 2. The molecular formula is C13H14BrN3O. The fourth-order valence-corrected chi connectivity index (χ4v) is 2.43. The molecule has 1 fully saturated rings. The third-order valence-electron chi connectivity index (χ3n) is 3.54. The van der Waals surface area contributed by atoms with E-state index in [2.05, 4.69) is 26.1 Å². The first kappa shape index (κ1) is 11.9. The van der Waals surface area contributed by atoms with Gasteiger partial charge < -0.3 is 10.3 Å². The topological polar surface area (TPSA) is 64.9 Å². The zero-order chi connectivity index (χ0) is 12.8. The van der Waals surface area contributed by atoms with Gasteiger partial charge in [0, 0.05) is 10.0 Å². The largest absolute Gasteiger partial charge is 0.334 e. The van der Waals surface area contributed by atoms with Crippen LogP contribution in [0.25, 0.3) is 11.5 Å². The Bertz CT molecular complexity index is 590. The molecule has 0 bridgehead atoms. The Morgan fingerprint density at radius 1 is 1.39 bits per heavy atom. The number of aryl methyl sites for hydroxylation is 1. The lowest BCUT2D eigenvalue weighted by atomic mass is 9.77. The SMILES string of the molecule is Cc1ccc(-c2nc(C3(N)CCC3)no2)cc1Br. The summed E-state index contributed by atoms with van der Waals surface area (Å²) in [5, 5.41) is 4.01. The van der Waals surface area contributed by atoms with Crippen LogP contribution in [0.15, 0.2) is 27.2 Å². The van der Waals surface area contributed by atoms with E-state index in [-0.39, 0.29) is 5.54 Å². The van der Waals surface area contributed by atoms with Crippen LogP contribution in [0.2, 0.25) is 0 Å². The molecule has 5 heteroatoms. The maximum atomic E-state index is 6.18. The van der Waals surface area contributed by atoms with E-state index in [1.54, 1.807) is 0 Å². The standard InChI is InChI=1S/C13H14BrN3O/c1-8-3-4-9(7-10(8)14)11-16-12(17-18-11)13(15)5-2-6-13/h3-4,7H,2,5-6,15H2,1H3. The molecule has 2 N–H and O–H groups in total. The molecule has 94 valence electrons. The normalized spacial score (nSPS) is 17.5. The highest BCUT2D eigenvalue weighted by Gasteiger charge is 2.39. The smallest absolute Gasteiger partial charge is 0.258 e. The minimum atomic E-state index is -0.371. The second-order valence-electron chi connectivity index (χ2n) is 4.90. The summed E-state index contributed by atoms with van der Waals surface area (Å²) in [7, 11) is 0. The van der Waals surface area contributed by atoms with E-state index in [0.717, 1.165) is 29.3 Å². The molecular weight excluding hydrogens is 294 g/mol. The zero-order valence-electron chi connectivity index (χ0n) is 10.1. The van der Waals surface area contributed by atoms with Gasteiger partial charge >= 0.3 is 0 Å². The van der Waals surface area contributed by atoms with Crippen molar-refractivity contribution in [3.8, 4) is 11.5 Å². The van der Waals surface area contributed by atoms with Crippen LogP contribution >= 0.6 is 15.9 Å². The van der Waals surface area contributed by atoms with Crippen LogP contribution in [0.3, 0.4) is 0 Å². The molecule has 1 heterocycles. The van der Waals surface area contributed by atoms with Crippen molar-refractivity contribution in [2.45, 2.75) is 31.7 Å². The van der Waals surface area contributed by atoms with E-state index >= 15 is 0 Å². The quantitative estimate of drug-likeness (QED) is 0.925. The summed E-state index contributed by atoms with van der Waals surface area (Å²) in [6.45, 7) is 2.04. The molecule has 0 radical (unpaired) electrons. The third-order valence-corrected chi connectivity index (χ3v) is 4.39. The van der Waals surface area contributed by atoms with E-state index in [1.165, 1.54) is 5.56 Å². The van der Waals surface area contributed by atoms with E-state index < -0.39 is 0 Å². The Morgan fingerprint density at radius 2 is 2.17 bits per heavy atom. The van der Waals surface area contributed by atoms with Gasteiger partial charge in [0.1, 0.15) is 0 Å². The van der Waals surface area contributed by atoms with Gasteiger partial charge in [0.15, 0.2) is 5.82 Å². The average Bonchev–Trinajstić information content (AvgIpc) is 2.79. The monoisotopic (exact) mass is 307 g/mol. The number of nitrogens with two attached hydrogens (primary N) is 1. The van der Waals surface area contributed by atoms with Crippen LogP contribution in [0.4, 0.5) is 0 Å². The van der Waals surface area contributed by atoms with Crippen LogP contribution in [-0.4, -0.2) is 10.1 Å². The molecule has 1 aromatic heterocycles. The Balaban J connectivity index is 1.95. The third kappa shape index (κ3) is 1.87. The van der Waals surface area contributed by atoms with E-state index in [0.29, 0.717) is 11.7 Å². The zero-order valence-corrected chi connectivity index (χ0v) is 11.7. The molecule has 18 heavy (non-hydrogen) atoms. The van der Waals surface area contributed by atoms with Crippen molar-refractivity contribution in [1.82, 2.24) is 10.1 Å². The van der Waals surface area contributed by atoms with Gasteiger partial charge in [-0.05, 0) is 43.9 Å². The van der Waals surface area contributed by atoms with Crippen molar-refractivity contribution in [2.24, 2.45) is 5.73 Å². The van der Waals surface area contributed by atoms with Gasteiger partial charge in [-0.2, -0.15) is 4.98 Å². The molecule has 0 atom stereocenters. The predicted octanol–water partition coefficient (Wildman–Crippen LogP) is 3.15. The molecule has 1 aromatic carbocycles. The molecule has 1 aliphatic rings. The Hall–Kier alpha value is -1.20. The highest BCUT2D eigenvalue weighted by atomic mass is 79.9. The fourth-order valence-electron chi connectivity index (χ4n) is 2.05. The van der Waals surface area contributed by atoms with Crippen LogP contribution in [-0.2, 0) is 5.54 Å². The summed E-state index contributed by atoms with van der Waals surface area (Å²) >= 11 is 3.50. The van der Waals surface area contributed by atoms with E-state index in [9.17, 15) is 0 Å². The lowest BCUT2D eigenvalue weighted by Gasteiger charge is -2.34. The number of rotatable bonds is 2. The molecule has 1 aliphatic carbocycles. The Morgan fingerprint density at radius 3 is 2.78 bits per heavy atom. The van der Waals surface area contributed by atoms with E-state index in [4.69, 9.17) is 10.3 Å². The first-order valence-electron chi connectivity index (χ1n) is 5.98. The molecule has 1 saturated carbocycles. The van der Waals surface area contributed by atoms with Gasteiger partial charge in [0.25, 0.3) is 5.89 Å². The summed E-state index contributed by atoms with van der Waals surface area (Å²) in [5.41, 5.74) is 7.89. The van der Waals surface area contributed by atoms with Crippen molar-refractivity contribution >= 4 is 15.9 Å². The van der Waals surface area contributed by atoms with E-state index in [1.807, 2.05) is 25.1 Å². The maximum Gasteiger partial charge on any atom is 0.258 e. The van der Waals surface area contributed by atoms with Crippen LogP contribution < -0.4 is 5.73 Å². The average molecular weight is 308 g/mol. The summed E-state index contributed by atoms with van der Waals surface area (Å²) in [5.74, 6) is 1.16.